The third kappa shape index (κ3) is 3.42. The van der Waals surface area contributed by atoms with Crippen LogP contribution in [0.4, 0.5) is 10.5 Å². The fraction of sp³-hybridized carbons (Fsp3) is 0.423. The van der Waals surface area contributed by atoms with Gasteiger partial charge in [-0.25, -0.2) is 4.79 Å². The van der Waals surface area contributed by atoms with Crippen LogP contribution in [-0.4, -0.2) is 58.9 Å². The highest BCUT2D eigenvalue weighted by atomic mass is 16.2. The van der Waals surface area contributed by atoms with E-state index in [1.54, 1.807) is 0 Å². The van der Waals surface area contributed by atoms with E-state index in [1.165, 1.54) is 10.5 Å². The molecular formula is C26H30N4O3. The molecule has 2 atom stereocenters. The van der Waals surface area contributed by atoms with Crippen LogP contribution in [0.3, 0.4) is 0 Å². The summed E-state index contributed by atoms with van der Waals surface area (Å²) in [5, 5.41) is 2.54. The highest BCUT2D eigenvalue weighted by Crippen LogP contribution is 2.46. The number of para-hydroxylation sites is 1. The lowest BCUT2D eigenvalue weighted by Gasteiger charge is -2.56. The summed E-state index contributed by atoms with van der Waals surface area (Å²) >= 11 is 0. The Morgan fingerprint density at radius 3 is 2.39 bits per heavy atom. The van der Waals surface area contributed by atoms with Crippen LogP contribution in [0.5, 0.6) is 0 Å². The Morgan fingerprint density at radius 2 is 1.67 bits per heavy atom. The first-order valence-corrected chi connectivity index (χ1v) is 11.5. The molecular weight excluding hydrogens is 416 g/mol. The van der Waals surface area contributed by atoms with Gasteiger partial charge >= 0.3 is 6.03 Å². The number of benzene rings is 2. The van der Waals surface area contributed by atoms with Crippen molar-refractivity contribution in [2.45, 2.75) is 45.3 Å². The van der Waals surface area contributed by atoms with Gasteiger partial charge in [0.05, 0.1) is 6.04 Å². The van der Waals surface area contributed by atoms with Gasteiger partial charge in [0.15, 0.2) is 5.41 Å². The predicted octanol–water partition coefficient (Wildman–Crippen LogP) is 2.80. The molecule has 2 aromatic rings. The quantitative estimate of drug-likeness (QED) is 0.719. The SMILES string of the molecule is CC(C)(C)N1C(=O)NC(=O)[C@]2(Cc3ccccc3N3CCN(Cc4ccccc4)C[C@H]32)C1=O. The van der Waals surface area contributed by atoms with Crippen LogP contribution in [0.2, 0.25) is 0 Å². The molecule has 7 nitrogen and oxygen atoms in total. The maximum absolute atomic E-state index is 14.1. The standard InChI is InChI=1S/C26H30N4O3/c1-25(2,3)30-23(32)26(22(31)27-24(30)33)15-19-11-7-8-12-20(19)29-14-13-28(17-21(26)29)16-18-9-5-4-6-10-18/h4-12,21H,13-17H2,1-3H3,(H,27,31,33)/t21-,26+/m0/s1. The molecule has 1 N–H and O–H groups in total. The minimum atomic E-state index is -1.36. The van der Waals surface area contributed by atoms with E-state index >= 15 is 0 Å². The zero-order valence-corrected chi connectivity index (χ0v) is 19.4. The molecule has 0 saturated carbocycles. The summed E-state index contributed by atoms with van der Waals surface area (Å²) in [5.41, 5.74) is 1.14. The average molecular weight is 447 g/mol. The number of carbonyl (C=O) groups is 3. The van der Waals surface area contributed by atoms with E-state index < -0.39 is 28.8 Å². The molecule has 3 aliphatic rings. The molecule has 2 saturated heterocycles. The molecule has 33 heavy (non-hydrogen) atoms. The number of barbiturate groups is 1. The molecule has 172 valence electrons. The van der Waals surface area contributed by atoms with Crippen LogP contribution in [0.1, 0.15) is 31.9 Å². The van der Waals surface area contributed by atoms with Crippen molar-refractivity contribution < 1.29 is 14.4 Å². The van der Waals surface area contributed by atoms with Gasteiger partial charge in [-0.3, -0.25) is 24.7 Å². The summed E-state index contributed by atoms with van der Waals surface area (Å²) in [5.74, 6) is -0.876. The van der Waals surface area contributed by atoms with Crippen molar-refractivity contribution >= 4 is 23.5 Å². The molecule has 3 heterocycles. The van der Waals surface area contributed by atoms with E-state index in [1.807, 2.05) is 57.2 Å². The Hall–Kier alpha value is -3.19. The van der Waals surface area contributed by atoms with Crippen LogP contribution >= 0.6 is 0 Å². The van der Waals surface area contributed by atoms with Crippen molar-refractivity contribution in [3.63, 3.8) is 0 Å². The summed E-state index contributed by atoms with van der Waals surface area (Å²) in [7, 11) is 0. The predicted molar refractivity (Wildman–Crippen MR) is 126 cm³/mol. The number of piperazine rings is 1. The van der Waals surface area contributed by atoms with E-state index in [-0.39, 0.29) is 12.5 Å². The lowest BCUT2D eigenvalue weighted by Crippen LogP contribution is -2.76. The van der Waals surface area contributed by atoms with Crippen LogP contribution in [0.25, 0.3) is 0 Å². The van der Waals surface area contributed by atoms with Gasteiger partial charge in [0.1, 0.15) is 0 Å². The molecule has 0 radical (unpaired) electrons. The van der Waals surface area contributed by atoms with Crippen molar-refractivity contribution in [1.82, 2.24) is 15.1 Å². The van der Waals surface area contributed by atoms with E-state index in [9.17, 15) is 14.4 Å². The van der Waals surface area contributed by atoms with Crippen LogP contribution in [0, 0.1) is 5.41 Å². The molecule has 4 amide bonds. The zero-order valence-electron chi connectivity index (χ0n) is 19.4. The average Bonchev–Trinajstić information content (AvgIpc) is 2.77. The molecule has 0 unspecified atom stereocenters. The Labute approximate surface area is 194 Å². The smallest absolute Gasteiger partial charge is 0.331 e. The lowest BCUT2D eigenvalue weighted by molar-refractivity contribution is -0.157. The molecule has 0 aromatic heterocycles. The fourth-order valence-electron chi connectivity index (χ4n) is 5.61. The Kier molecular flexibility index (Phi) is 5.05. The number of hydrogen-bond acceptors (Lipinski definition) is 5. The molecule has 2 aromatic carbocycles. The number of anilines is 1. The number of hydrogen-bond donors (Lipinski definition) is 1. The topological polar surface area (TPSA) is 73.0 Å². The summed E-state index contributed by atoms with van der Waals surface area (Å²) in [4.78, 5) is 46.2. The van der Waals surface area contributed by atoms with Gasteiger partial charge in [-0.15, -0.1) is 0 Å². The van der Waals surface area contributed by atoms with E-state index in [2.05, 4.69) is 33.3 Å². The molecule has 5 rings (SSSR count). The maximum atomic E-state index is 14.1. The third-order valence-corrected chi connectivity index (χ3v) is 7.14. The summed E-state index contributed by atoms with van der Waals surface area (Å²) < 4.78 is 0. The normalized spacial score (nSPS) is 25.7. The van der Waals surface area contributed by atoms with Gasteiger partial charge in [-0.05, 0) is 44.4 Å². The van der Waals surface area contributed by atoms with Crippen molar-refractivity contribution in [2.24, 2.45) is 5.41 Å². The molecule has 1 spiro atoms. The number of rotatable bonds is 2. The second-order valence-corrected chi connectivity index (χ2v) is 10.3. The monoisotopic (exact) mass is 446 g/mol. The lowest BCUT2D eigenvalue weighted by atomic mass is 9.67. The zero-order chi connectivity index (χ0) is 23.4. The largest absolute Gasteiger partial charge is 0.364 e. The van der Waals surface area contributed by atoms with Crippen LogP contribution < -0.4 is 10.2 Å². The minimum Gasteiger partial charge on any atom is -0.364 e. The van der Waals surface area contributed by atoms with E-state index in [0.717, 1.165) is 24.3 Å². The Morgan fingerprint density at radius 1 is 0.970 bits per heavy atom. The molecule has 7 heteroatoms. The van der Waals surface area contributed by atoms with Gasteiger partial charge in [0, 0.05) is 37.4 Å². The number of amides is 4. The van der Waals surface area contributed by atoms with Gasteiger partial charge in [0.2, 0.25) is 11.8 Å². The van der Waals surface area contributed by atoms with Crippen LogP contribution in [0.15, 0.2) is 54.6 Å². The fourth-order valence-corrected chi connectivity index (χ4v) is 5.61. The Balaban J connectivity index is 1.58. The number of carbonyl (C=O) groups excluding carboxylic acids is 3. The second-order valence-electron chi connectivity index (χ2n) is 10.3. The number of nitrogens with one attached hydrogen (secondary N) is 1. The highest BCUT2D eigenvalue weighted by molar-refractivity contribution is 6.20. The highest BCUT2D eigenvalue weighted by Gasteiger charge is 2.64. The third-order valence-electron chi connectivity index (χ3n) is 7.14. The first kappa shape index (κ1) is 21.6. The summed E-state index contributed by atoms with van der Waals surface area (Å²) in [6.07, 6.45) is 0.286. The Bertz CT molecular complexity index is 1110. The van der Waals surface area contributed by atoms with Gasteiger partial charge in [-0.1, -0.05) is 48.5 Å². The molecule has 3 aliphatic heterocycles. The van der Waals surface area contributed by atoms with E-state index in [4.69, 9.17) is 0 Å². The van der Waals surface area contributed by atoms with E-state index in [0.29, 0.717) is 13.1 Å². The number of nitrogens with zero attached hydrogens (tertiary/aromatic N) is 3. The van der Waals surface area contributed by atoms with Crippen LogP contribution in [-0.2, 0) is 22.6 Å². The minimum absolute atomic E-state index is 0.286. The summed E-state index contributed by atoms with van der Waals surface area (Å²) in [6, 6.07) is 17.2. The second kappa shape index (κ2) is 7.70. The molecule has 2 fully saturated rings. The van der Waals surface area contributed by atoms with Crippen molar-refractivity contribution in [3.05, 3.63) is 65.7 Å². The molecule has 0 bridgehead atoms. The number of fused-ring (bicyclic) bond motifs is 4. The van der Waals surface area contributed by atoms with Gasteiger partial charge in [0.25, 0.3) is 0 Å². The van der Waals surface area contributed by atoms with Gasteiger partial charge in [-0.2, -0.15) is 0 Å². The van der Waals surface area contributed by atoms with Crippen molar-refractivity contribution in [3.8, 4) is 0 Å². The number of urea groups is 1. The maximum Gasteiger partial charge on any atom is 0.331 e. The number of imide groups is 2. The first-order valence-electron chi connectivity index (χ1n) is 11.5. The van der Waals surface area contributed by atoms with Crippen molar-refractivity contribution in [1.29, 1.82) is 0 Å². The van der Waals surface area contributed by atoms with Crippen molar-refractivity contribution in [2.75, 3.05) is 24.5 Å². The first-order chi connectivity index (χ1) is 15.7. The van der Waals surface area contributed by atoms with Gasteiger partial charge < -0.3 is 4.90 Å². The summed E-state index contributed by atoms with van der Waals surface area (Å²) in [6.45, 7) is 8.32. The molecule has 0 aliphatic carbocycles.